The van der Waals surface area contributed by atoms with Crippen molar-refractivity contribution in [1.82, 2.24) is 0 Å². The Balaban J connectivity index is 2.31. The molecule has 0 aliphatic carbocycles. The molecule has 2 rings (SSSR count). The molecule has 0 amide bonds. The second kappa shape index (κ2) is 5.98. The summed E-state index contributed by atoms with van der Waals surface area (Å²) in [4.78, 5) is 0.343. The highest BCUT2D eigenvalue weighted by Crippen LogP contribution is 2.31. The van der Waals surface area contributed by atoms with Gasteiger partial charge in [0, 0.05) is 14.5 Å². The van der Waals surface area contributed by atoms with Crippen LogP contribution in [0.15, 0.2) is 45.3 Å². The maximum Gasteiger partial charge on any atom is 0.124 e. The third-order valence-corrected chi connectivity index (χ3v) is 4.00. The fraction of sp³-hybridized carbons (Fsp3) is 0. The summed E-state index contributed by atoms with van der Waals surface area (Å²) in [5.74, 6) is -0.291. The Hall–Kier alpha value is -0.980. The molecule has 2 aromatic rings. The molecule has 0 aliphatic heterocycles. The van der Waals surface area contributed by atoms with Crippen LogP contribution in [0.2, 0.25) is 0 Å². The van der Waals surface area contributed by atoms with Crippen LogP contribution in [0, 0.1) is 5.82 Å². The number of nitrogens with one attached hydrogen (secondary N) is 1. The third kappa shape index (κ3) is 3.52. The maximum atomic E-state index is 13.0. The lowest BCUT2D eigenvalue weighted by molar-refractivity contribution is 0.627. The van der Waals surface area contributed by atoms with Gasteiger partial charge in [-0.05, 0) is 68.3 Å². The van der Waals surface area contributed by atoms with Crippen LogP contribution in [-0.4, -0.2) is 4.99 Å². The first-order valence-corrected chi connectivity index (χ1v) is 7.28. The molecule has 0 heterocycles. The highest BCUT2D eigenvalue weighted by molar-refractivity contribution is 9.11. The Morgan fingerprint density at radius 1 is 1.05 bits per heavy atom. The molecule has 0 radical (unpaired) electrons. The smallest absolute Gasteiger partial charge is 0.124 e. The number of hydrogen-bond donors (Lipinski definition) is 2. The molecule has 3 N–H and O–H groups in total. The minimum absolute atomic E-state index is 0.291. The average Bonchev–Trinajstić information content (AvgIpc) is 2.34. The summed E-state index contributed by atoms with van der Waals surface area (Å²) in [5.41, 5.74) is 7.96. The van der Waals surface area contributed by atoms with Gasteiger partial charge >= 0.3 is 0 Å². The normalized spacial score (nSPS) is 10.3. The van der Waals surface area contributed by atoms with Crippen molar-refractivity contribution >= 4 is 60.4 Å². The second-order valence-electron chi connectivity index (χ2n) is 3.81. The molecule has 2 aromatic carbocycles. The number of benzene rings is 2. The van der Waals surface area contributed by atoms with Crippen LogP contribution in [-0.2, 0) is 0 Å². The topological polar surface area (TPSA) is 38.0 Å². The van der Waals surface area contributed by atoms with E-state index in [0.29, 0.717) is 9.46 Å². The Bertz CT molecular complexity index is 647. The second-order valence-corrected chi connectivity index (χ2v) is 5.96. The Morgan fingerprint density at radius 3 is 2.16 bits per heavy atom. The van der Waals surface area contributed by atoms with Gasteiger partial charge in [0.25, 0.3) is 0 Å². The number of anilines is 2. The number of thiocarbonyl (C=S) groups is 1. The van der Waals surface area contributed by atoms with Gasteiger partial charge in [0.2, 0.25) is 0 Å². The van der Waals surface area contributed by atoms with Crippen LogP contribution in [0.1, 0.15) is 5.56 Å². The van der Waals surface area contributed by atoms with Gasteiger partial charge in [-0.1, -0.05) is 12.2 Å². The van der Waals surface area contributed by atoms with Gasteiger partial charge in [0.1, 0.15) is 10.8 Å². The molecule has 98 valence electrons. The van der Waals surface area contributed by atoms with Crippen LogP contribution in [0.5, 0.6) is 0 Å². The molecule has 0 spiro atoms. The quantitative estimate of drug-likeness (QED) is 0.727. The summed E-state index contributed by atoms with van der Waals surface area (Å²) < 4.78 is 14.5. The molecular formula is C13H9Br2FN2S. The van der Waals surface area contributed by atoms with Crippen molar-refractivity contribution in [2.75, 3.05) is 5.32 Å². The lowest BCUT2D eigenvalue weighted by Crippen LogP contribution is -2.09. The average molecular weight is 404 g/mol. The standard InChI is InChI=1S/C13H9Br2FN2S/c14-9-5-7(13(17)19)1-3-11(9)18-12-4-2-8(16)6-10(12)15/h1-6,18H,(H2,17,19). The van der Waals surface area contributed by atoms with Crippen molar-refractivity contribution in [3.05, 3.63) is 56.7 Å². The van der Waals surface area contributed by atoms with Crippen molar-refractivity contribution in [2.45, 2.75) is 0 Å². The highest BCUT2D eigenvalue weighted by atomic mass is 79.9. The Morgan fingerprint density at radius 2 is 1.63 bits per heavy atom. The van der Waals surface area contributed by atoms with E-state index in [9.17, 15) is 4.39 Å². The van der Waals surface area contributed by atoms with Crippen LogP contribution in [0.4, 0.5) is 15.8 Å². The molecule has 0 atom stereocenters. The van der Waals surface area contributed by atoms with E-state index in [1.54, 1.807) is 6.07 Å². The summed E-state index contributed by atoms with van der Waals surface area (Å²) in [6.45, 7) is 0. The Kier molecular flexibility index (Phi) is 4.54. The zero-order valence-corrected chi connectivity index (χ0v) is 13.6. The van der Waals surface area contributed by atoms with Crippen LogP contribution < -0.4 is 11.1 Å². The first-order valence-electron chi connectivity index (χ1n) is 5.29. The van der Waals surface area contributed by atoms with E-state index >= 15 is 0 Å². The molecule has 6 heteroatoms. The first-order chi connectivity index (χ1) is 8.97. The maximum absolute atomic E-state index is 13.0. The van der Waals surface area contributed by atoms with Crippen molar-refractivity contribution in [3.8, 4) is 0 Å². The van der Waals surface area contributed by atoms with Crippen LogP contribution in [0.25, 0.3) is 0 Å². The van der Waals surface area contributed by atoms with E-state index in [0.717, 1.165) is 21.4 Å². The fourth-order valence-corrected chi connectivity index (χ4v) is 2.56. The molecule has 0 unspecified atom stereocenters. The van der Waals surface area contributed by atoms with Gasteiger partial charge in [-0.25, -0.2) is 4.39 Å². The summed E-state index contributed by atoms with van der Waals surface area (Å²) >= 11 is 11.7. The monoisotopic (exact) mass is 402 g/mol. The highest BCUT2D eigenvalue weighted by Gasteiger charge is 2.06. The fourth-order valence-electron chi connectivity index (χ4n) is 1.51. The van der Waals surface area contributed by atoms with Crippen molar-refractivity contribution in [1.29, 1.82) is 0 Å². The molecule has 2 nitrogen and oxygen atoms in total. The van der Waals surface area contributed by atoms with Crippen LogP contribution >= 0.6 is 44.1 Å². The molecule has 0 bridgehead atoms. The van der Waals surface area contributed by atoms with Crippen LogP contribution in [0.3, 0.4) is 0 Å². The van der Waals surface area contributed by atoms with E-state index in [4.69, 9.17) is 18.0 Å². The van der Waals surface area contributed by atoms with Gasteiger partial charge in [-0.2, -0.15) is 0 Å². The minimum Gasteiger partial charge on any atom is -0.389 e. The molecule has 0 aliphatic rings. The molecule has 19 heavy (non-hydrogen) atoms. The van der Waals surface area contributed by atoms with E-state index < -0.39 is 0 Å². The molecule has 0 saturated heterocycles. The lowest BCUT2D eigenvalue weighted by Gasteiger charge is -2.11. The molecular weight excluding hydrogens is 395 g/mol. The first kappa shape index (κ1) is 14.4. The predicted molar refractivity (Wildman–Crippen MR) is 87.4 cm³/mol. The van der Waals surface area contributed by atoms with Gasteiger partial charge in [0.05, 0.1) is 11.4 Å². The summed E-state index contributed by atoms with van der Waals surface area (Å²) in [5, 5.41) is 3.19. The summed E-state index contributed by atoms with van der Waals surface area (Å²) in [6.07, 6.45) is 0. The van der Waals surface area contributed by atoms with Gasteiger partial charge < -0.3 is 11.1 Å². The van der Waals surface area contributed by atoms with Gasteiger partial charge in [-0.3, -0.25) is 0 Å². The summed E-state index contributed by atoms with van der Waals surface area (Å²) in [6, 6.07) is 9.97. The van der Waals surface area contributed by atoms with E-state index in [2.05, 4.69) is 37.2 Å². The number of hydrogen-bond acceptors (Lipinski definition) is 2. The van der Waals surface area contributed by atoms with Gasteiger partial charge in [0.15, 0.2) is 0 Å². The lowest BCUT2D eigenvalue weighted by atomic mass is 10.2. The minimum atomic E-state index is -0.291. The van der Waals surface area contributed by atoms with E-state index in [-0.39, 0.29) is 5.82 Å². The zero-order chi connectivity index (χ0) is 14.0. The summed E-state index contributed by atoms with van der Waals surface area (Å²) in [7, 11) is 0. The molecule has 0 fully saturated rings. The van der Waals surface area contributed by atoms with Gasteiger partial charge in [-0.15, -0.1) is 0 Å². The Labute approximate surface area is 132 Å². The van der Waals surface area contributed by atoms with E-state index in [1.807, 2.05) is 18.2 Å². The number of rotatable bonds is 3. The third-order valence-electron chi connectivity index (χ3n) is 2.45. The number of nitrogens with two attached hydrogens (primary N) is 1. The SMILES string of the molecule is NC(=S)c1ccc(Nc2ccc(F)cc2Br)c(Br)c1. The molecule has 0 saturated carbocycles. The predicted octanol–water partition coefficient (Wildman–Crippen LogP) is 4.73. The molecule has 0 aromatic heterocycles. The zero-order valence-electron chi connectivity index (χ0n) is 9.58. The number of halogens is 3. The van der Waals surface area contributed by atoms with Crippen molar-refractivity contribution in [2.24, 2.45) is 5.73 Å². The van der Waals surface area contributed by atoms with Crippen molar-refractivity contribution < 1.29 is 4.39 Å². The largest absolute Gasteiger partial charge is 0.389 e. The van der Waals surface area contributed by atoms with Crippen molar-refractivity contribution in [3.63, 3.8) is 0 Å². The van der Waals surface area contributed by atoms with E-state index in [1.165, 1.54) is 12.1 Å².